The van der Waals surface area contributed by atoms with Crippen LogP contribution in [0.5, 0.6) is 0 Å². The Morgan fingerprint density at radius 3 is 2.47 bits per heavy atom. The number of hydrogen-bond acceptors (Lipinski definition) is 2. The Balaban J connectivity index is 1.92. The van der Waals surface area contributed by atoms with Crippen molar-refractivity contribution in [3.8, 4) is 0 Å². The van der Waals surface area contributed by atoms with Crippen LogP contribution in [0.15, 0.2) is 30.3 Å². The molecule has 1 aromatic rings. The highest BCUT2D eigenvalue weighted by atomic mass is 15.2. The fourth-order valence-corrected chi connectivity index (χ4v) is 2.72. The fourth-order valence-electron chi connectivity index (χ4n) is 2.72. The average molecular weight is 258 g/mol. The van der Waals surface area contributed by atoms with E-state index in [0.29, 0.717) is 0 Å². The van der Waals surface area contributed by atoms with Gasteiger partial charge in [-0.2, -0.15) is 0 Å². The number of likely N-dealkylation sites (N-methyl/N-ethyl adjacent to an activating group) is 1. The molecule has 1 heterocycles. The van der Waals surface area contributed by atoms with E-state index in [1.807, 2.05) is 0 Å². The minimum Gasteiger partial charge on any atom is -0.304 e. The summed E-state index contributed by atoms with van der Waals surface area (Å²) in [5.41, 5.74) is 4.28. The van der Waals surface area contributed by atoms with Crippen LogP contribution in [0.25, 0.3) is 5.57 Å². The van der Waals surface area contributed by atoms with Crippen LogP contribution in [0.3, 0.4) is 0 Å². The van der Waals surface area contributed by atoms with Crippen molar-refractivity contribution in [2.45, 2.75) is 20.3 Å². The summed E-state index contributed by atoms with van der Waals surface area (Å²) in [5, 5.41) is 0. The van der Waals surface area contributed by atoms with Crippen molar-refractivity contribution in [1.29, 1.82) is 0 Å². The first-order valence-electron chi connectivity index (χ1n) is 7.33. The second-order valence-electron chi connectivity index (χ2n) is 5.52. The van der Waals surface area contributed by atoms with Gasteiger partial charge in [0.15, 0.2) is 0 Å². The van der Waals surface area contributed by atoms with Crippen LogP contribution in [-0.2, 0) is 0 Å². The molecule has 1 fully saturated rings. The summed E-state index contributed by atoms with van der Waals surface area (Å²) in [4.78, 5) is 5.00. The molecule has 0 aliphatic carbocycles. The predicted octanol–water partition coefficient (Wildman–Crippen LogP) is 3.04. The highest BCUT2D eigenvalue weighted by Crippen LogP contribution is 2.22. The van der Waals surface area contributed by atoms with Gasteiger partial charge in [-0.3, -0.25) is 0 Å². The van der Waals surface area contributed by atoms with E-state index < -0.39 is 0 Å². The van der Waals surface area contributed by atoms with Crippen molar-refractivity contribution in [3.05, 3.63) is 41.5 Å². The minimum atomic E-state index is 1.16. The Hall–Kier alpha value is -1.12. The monoisotopic (exact) mass is 258 g/mol. The molecule has 0 N–H and O–H groups in total. The van der Waals surface area contributed by atoms with Gasteiger partial charge in [0, 0.05) is 32.7 Å². The van der Waals surface area contributed by atoms with E-state index in [4.69, 9.17) is 0 Å². The highest BCUT2D eigenvalue weighted by Gasteiger charge is 2.14. The molecule has 1 aromatic carbocycles. The Bertz CT molecular complexity index is 429. The van der Waals surface area contributed by atoms with Gasteiger partial charge in [-0.25, -0.2) is 0 Å². The molecule has 0 unspecified atom stereocenters. The third-order valence-electron chi connectivity index (χ3n) is 4.13. The third kappa shape index (κ3) is 3.92. The number of hydrogen-bond donors (Lipinski definition) is 0. The Morgan fingerprint density at radius 2 is 1.84 bits per heavy atom. The van der Waals surface area contributed by atoms with Crippen LogP contribution in [-0.4, -0.2) is 49.6 Å². The number of nitrogens with zero attached hydrogens (tertiary/aromatic N) is 2. The van der Waals surface area contributed by atoms with Gasteiger partial charge in [-0.05, 0) is 44.0 Å². The van der Waals surface area contributed by atoms with Gasteiger partial charge in [0.05, 0.1) is 0 Å². The van der Waals surface area contributed by atoms with E-state index in [1.54, 1.807) is 0 Å². The summed E-state index contributed by atoms with van der Waals surface area (Å²) >= 11 is 0. The van der Waals surface area contributed by atoms with E-state index in [1.165, 1.54) is 49.4 Å². The van der Waals surface area contributed by atoms with Gasteiger partial charge < -0.3 is 9.80 Å². The molecule has 0 bridgehead atoms. The molecule has 1 aliphatic rings. The molecule has 2 rings (SSSR count). The zero-order valence-corrected chi connectivity index (χ0v) is 12.5. The first-order valence-corrected chi connectivity index (χ1v) is 7.33. The van der Waals surface area contributed by atoms with Crippen molar-refractivity contribution < 1.29 is 0 Å². The first kappa shape index (κ1) is 14.3. The zero-order chi connectivity index (χ0) is 13.7. The molecule has 0 saturated carbocycles. The fraction of sp³-hybridized carbons (Fsp3) is 0.529. The van der Waals surface area contributed by atoms with Crippen LogP contribution in [0.1, 0.15) is 24.5 Å². The number of benzene rings is 1. The normalized spacial score (nSPS) is 18.8. The van der Waals surface area contributed by atoms with E-state index in [9.17, 15) is 0 Å². The van der Waals surface area contributed by atoms with Gasteiger partial charge >= 0.3 is 0 Å². The third-order valence-corrected chi connectivity index (χ3v) is 4.13. The van der Waals surface area contributed by atoms with Gasteiger partial charge in [0.1, 0.15) is 0 Å². The summed E-state index contributed by atoms with van der Waals surface area (Å²) in [6.45, 7) is 10.4. The number of allylic oxidation sites excluding steroid dienone is 1. The lowest BCUT2D eigenvalue weighted by molar-refractivity contribution is 0.157. The lowest BCUT2D eigenvalue weighted by atomic mass is 9.98. The topological polar surface area (TPSA) is 6.48 Å². The van der Waals surface area contributed by atoms with Gasteiger partial charge in [0.25, 0.3) is 0 Å². The molecule has 0 spiro atoms. The summed E-state index contributed by atoms with van der Waals surface area (Å²) in [5.74, 6) is 0. The maximum atomic E-state index is 2.59. The molecule has 2 nitrogen and oxygen atoms in total. The maximum Gasteiger partial charge on any atom is 0.0110 e. The molecule has 19 heavy (non-hydrogen) atoms. The SMILES string of the molecule is C/C=C(/CCN1CCN(C)CC1)c1ccccc1C. The van der Waals surface area contributed by atoms with Gasteiger partial charge in [0.2, 0.25) is 0 Å². The van der Waals surface area contributed by atoms with Crippen LogP contribution < -0.4 is 0 Å². The maximum absolute atomic E-state index is 2.59. The molecule has 104 valence electrons. The Kier molecular flexibility index (Phi) is 5.17. The second kappa shape index (κ2) is 6.88. The standard InChI is InChI=1S/C17H26N2/c1-4-16(17-8-6-5-7-15(17)2)9-10-19-13-11-18(3)12-14-19/h4-8H,9-14H2,1-3H3/b16-4-. The molecule has 0 aromatic heterocycles. The van der Waals surface area contributed by atoms with Crippen molar-refractivity contribution >= 4 is 5.57 Å². The molecular formula is C17H26N2. The molecular weight excluding hydrogens is 232 g/mol. The van der Waals surface area contributed by atoms with Crippen LogP contribution in [0.2, 0.25) is 0 Å². The summed E-state index contributed by atoms with van der Waals surface area (Å²) in [6.07, 6.45) is 3.43. The van der Waals surface area contributed by atoms with Crippen LogP contribution in [0, 0.1) is 6.92 Å². The number of rotatable bonds is 4. The van der Waals surface area contributed by atoms with Crippen LogP contribution >= 0.6 is 0 Å². The van der Waals surface area contributed by atoms with Gasteiger partial charge in [-0.1, -0.05) is 30.3 Å². The summed E-state index contributed by atoms with van der Waals surface area (Å²) in [7, 11) is 2.21. The van der Waals surface area contributed by atoms with E-state index in [0.717, 1.165) is 6.42 Å². The van der Waals surface area contributed by atoms with Gasteiger partial charge in [-0.15, -0.1) is 0 Å². The molecule has 1 aliphatic heterocycles. The highest BCUT2D eigenvalue weighted by molar-refractivity contribution is 5.67. The molecule has 0 radical (unpaired) electrons. The minimum absolute atomic E-state index is 1.16. The molecule has 0 atom stereocenters. The lowest BCUT2D eigenvalue weighted by Crippen LogP contribution is -2.44. The molecule has 2 heteroatoms. The smallest absolute Gasteiger partial charge is 0.0110 e. The largest absolute Gasteiger partial charge is 0.304 e. The Labute approximate surface area is 117 Å². The number of aryl methyl sites for hydroxylation is 1. The molecule has 1 saturated heterocycles. The number of piperazine rings is 1. The van der Waals surface area contributed by atoms with Crippen molar-refractivity contribution in [2.75, 3.05) is 39.8 Å². The summed E-state index contributed by atoms with van der Waals surface area (Å²) < 4.78 is 0. The van der Waals surface area contributed by atoms with Crippen LogP contribution in [0.4, 0.5) is 0 Å². The predicted molar refractivity (Wildman–Crippen MR) is 83.4 cm³/mol. The quantitative estimate of drug-likeness (QED) is 0.819. The second-order valence-corrected chi connectivity index (χ2v) is 5.52. The van der Waals surface area contributed by atoms with E-state index in [2.05, 4.69) is 61.0 Å². The van der Waals surface area contributed by atoms with E-state index in [-0.39, 0.29) is 0 Å². The molecule has 0 amide bonds. The van der Waals surface area contributed by atoms with Crippen molar-refractivity contribution in [1.82, 2.24) is 9.80 Å². The lowest BCUT2D eigenvalue weighted by Gasteiger charge is -2.32. The average Bonchev–Trinajstić information content (AvgIpc) is 2.43. The first-order chi connectivity index (χ1) is 9.20. The summed E-state index contributed by atoms with van der Waals surface area (Å²) in [6, 6.07) is 8.71. The van der Waals surface area contributed by atoms with Crippen molar-refractivity contribution in [3.63, 3.8) is 0 Å². The van der Waals surface area contributed by atoms with E-state index >= 15 is 0 Å². The van der Waals surface area contributed by atoms with Crippen molar-refractivity contribution in [2.24, 2.45) is 0 Å². The Morgan fingerprint density at radius 1 is 1.16 bits per heavy atom. The zero-order valence-electron chi connectivity index (χ0n) is 12.5.